The third-order valence-corrected chi connectivity index (χ3v) is 3.01. The van der Waals surface area contributed by atoms with Gasteiger partial charge in [0.15, 0.2) is 0 Å². The monoisotopic (exact) mass is 240 g/mol. The summed E-state index contributed by atoms with van der Waals surface area (Å²) in [6.45, 7) is 3.70. The van der Waals surface area contributed by atoms with Crippen molar-refractivity contribution < 1.29 is 14.6 Å². The zero-order valence-electron chi connectivity index (χ0n) is 9.47. The quantitative estimate of drug-likeness (QED) is 0.776. The van der Waals surface area contributed by atoms with E-state index < -0.39 is 5.97 Å². The maximum Gasteiger partial charge on any atom is 0.329 e. The molecule has 0 saturated heterocycles. The van der Waals surface area contributed by atoms with Crippen LogP contribution >= 0.6 is 11.8 Å². The van der Waals surface area contributed by atoms with E-state index in [9.17, 15) is 4.79 Å². The van der Waals surface area contributed by atoms with E-state index in [1.54, 1.807) is 11.8 Å². The highest BCUT2D eigenvalue weighted by Gasteiger charge is 2.07. The number of rotatable bonds is 6. The normalized spacial score (nSPS) is 12.4. The van der Waals surface area contributed by atoms with Crippen molar-refractivity contribution in [1.29, 1.82) is 0 Å². The molecule has 0 aliphatic heterocycles. The Hall–Kier alpha value is -1.00. The van der Waals surface area contributed by atoms with E-state index in [4.69, 9.17) is 9.84 Å². The van der Waals surface area contributed by atoms with Crippen LogP contribution in [0, 0.1) is 0 Å². The molecule has 16 heavy (non-hydrogen) atoms. The Morgan fingerprint density at radius 2 is 2.06 bits per heavy atom. The predicted octanol–water partition coefficient (Wildman–Crippen LogP) is 2.96. The van der Waals surface area contributed by atoms with Crippen molar-refractivity contribution in [1.82, 2.24) is 0 Å². The second-order valence-electron chi connectivity index (χ2n) is 3.35. The van der Waals surface area contributed by atoms with Crippen LogP contribution in [-0.2, 0) is 9.53 Å². The summed E-state index contributed by atoms with van der Waals surface area (Å²) in [5, 5.41) is 8.50. The largest absolute Gasteiger partial charge is 0.480 e. The molecular formula is C12H16O3S. The van der Waals surface area contributed by atoms with E-state index in [2.05, 4.69) is 6.92 Å². The third-order valence-electron chi connectivity index (χ3n) is 2.12. The molecule has 0 spiro atoms. The molecule has 1 rings (SSSR count). The number of carboxylic acids is 1. The lowest BCUT2D eigenvalue weighted by molar-refractivity contribution is -0.144. The lowest BCUT2D eigenvalue weighted by Gasteiger charge is -2.12. The van der Waals surface area contributed by atoms with Gasteiger partial charge in [-0.25, -0.2) is 4.79 Å². The highest BCUT2D eigenvalue weighted by atomic mass is 32.2. The number of benzene rings is 1. The van der Waals surface area contributed by atoms with Crippen molar-refractivity contribution in [3.8, 4) is 0 Å². The Morgan fingerprint density at radius 1 is 1.44 bits per heavy atom. The molecule has 1 unspecified atom stereocenters. The third kappa shape index (κ3) is 4.24. The highest BCUT2D eigenvalue weighted by molar-refractivity contribution is 7.99. The Bertz CT molecular complexity index is 335. The van der Waals surface area contributed by atoms with Crippen LogP contribution in [0.25, 0.3) is 0 Å². The first kappa shape index (κ1) is 13.1. The molecule has 0 bridgehead atoms. The molecule has 0 saturated carbocycles. The Balaban J connectivity index is 2.55. The van der Waals surface area contributed by atoms with Crippen molar-refractivity contribution in [2.45, 2.75) is 24.8 Å². The Labute approximate surface area is 99.8 Å². The fourth-order valence-corrected chi connectivity index (χ4v) is 1.96. The van der Waals surface area contributed by atoms with Gasteiger partial charge in [-0.15, -0.1) is 11.8 Å². The molecule has 88 valence electrons. The lowest BCUT2D eigenvalue weighted by atomic mass is 10.1. The number of hydrogen-bond donors (Lipinski definition) is 1. The van der Waals surface area contributed by atoms with Gasteiger partial charge in [-0.05, 0) is 30.4 Å². The van der Waals surface area contributed by atoms with Gasteiger partial charge in [0, 0.05) is 4.90 Å². The van der Waals surface area contributed by atoms with Crippen LogP contribution < -0.4 is 0 Å². The summed E-state index contributed by atoms with van der Waals surface area (Å²) in [6.07, 6.45) is -0.184. The van der Waals surface area contributed by atoms with Crippen molar-refractivity contribution in [2.75, 3.05) is 12.4 Å². The van der Waals surface area contributed by atoms with Crippen molar-refractivity contribution in [3.63, 3.8) is 0 Å². The van der Waals surface area contributed by atoms with E-state index in [0.717, 1.165) is 11.3 Å². The van der Waals surface area contributed by atoms with Crippen LogP contribution in [0.2, 0.25) is 0 Å². The van der Waals surface area contributed by atoms with Gasteiger partial charge in [-0.2, -0.15) is 0 Å². The van der Waals surface area contributed by atoms with Gasteiger partial charge in [0.2, 0.25) is 0 Å². The van der Waals surface area contributed by atoms with E-state index in [1.807, 2.05) is 31.2 Å². The summed E-state index contributed by atoms with van der Waals surface area (Å²) >= 11 is 1.78. The molecule has 0 aromatic heterocycles. The average Bonchev–Trinajstić information content (AvgIpc) is 2.27. The summed E-state index contributed by atoms with van der Waals surface area (Å²) in [5.41, 5.74) is 1.00. The second kappa shape index (κ2) is 6.55. The summed E-state index contributed by atoms with van der Waals surface area (Å²) < 4.78 is 5.18. The van der Waals surface area contributed by atoms with Gasteiger partial charge in [-0.3, -0.25) is 0 Å². The van der Waals surface area contributed by atoms with Gasteiger partial charge in [-0.1, -0.05) is 19.1 Å². The van der Waals surface area contributed by atoms with Crippen LogP contribution in [0.5, 0.6) is 0 Å². The lowest BCUT2D eigenvalue weighted by Crippen LogP contribution is -2.09. The summed E-state index contributed by atoms with van der Waals surface area (Å²) in [7, 11) is 0. The number of carboxylic acid groups (broad SMARTS) is 1. The molecule has 0 heterocycles. The molecule has 1 N–H and O–H groups in total. The smallest absolute Gasteiger partial charge is 0.329 e. The van der Waals surface area contributed by atoms with E-state index in [-0.39, 0.29) is 12.7 Å². The summed E-state index contributed by atoms with van der Waals surface area (Å²) in [6, 6.07) is 8.02. The van der Waals surface area contributed by atoms with Crippen molar-refractivity contribution in [2.24, 2.45) is 0 Å². The first-order valence-electron chi connectivity index (χ1n) is 5.19. The van der Waals surface area contributed by atoms with Gasteiger partial charge in [0.1, 0.15) is 6.61 Å². The highest BCUT2D eigenvalue weighted by Crippen LogP contribution is 2.22. The SMILES string of the molecule is CCSc1ccc(C(C)OCC(=O)O)cc1. The van der Waals surface area contributed by atoms with Gasteiger partial charge in [0.05, 0.1) is 6.10 Å². The Morgan fingerprint density at radius 3 is 2.56 bits per heavy atom. The van der Waals surface area contributed by atoms with Gasteiger partial charge >= 0.3 is 5.97 Å². The fourth-order valence-electron chi connectivity index (χ4n) is 1.29. The van der Waals surface area contributed by atoms with Crippen LogP contribution in [0.3, 0.4) is 0 Å². The van der Waals surface area contributed by atoms with Crippen molar-refractivity contribution >= 4 is 17.7 Å². The second-order valence-corrected chi connectivity index (χ2v) is 4.69. The Kier molecular flexibility index (Phi) is 5.35. The number of thioether (sulfide) groups is 1. The van der Waals surface area contributed by atoms with E-state index >= 15 is 0 Å². The zero-order valence-corrected chi connectivity index (χ0v) is 10.3. The molecule has 1 atom stereocenters. The molecule has 1 aromatic carbocycles. The molecule has 0 aliphatic carbocycles. The number of aliphatic carboxylic acids is 1. The minimum absolute atomic E-state index is 0.184. The maximum absolute atomic E-state index is 10.3. The number of ether oxygens (including phenoxy) is 1. The minimum Gasteiger partial charge on any atom is -0.480 e. The minimum atomic E-state index is -0.940. The van der Waals surface area contributed by atoms with Crippen LogP contribution in [-0.4, -0.2) is 23.4 Å². The molecule has 3 nitrogen and oxygen atoms in total. The molecule has 4 heteroatoms. The predicted molar refractivity (Wildman–Crippen MR) is 64.8 cm³/mol. The molecule has 0 radical (unpaired) electrons. The number of carbonyl (C=O) groups is 1. The zero-order chi connectivity index (χ0) is 12.0. The first-order valence-corrected chi connectivity index (χ1v) is 6.18. The van der Waals surface area contributed by atoms with Gasteiger partial charge in [0.25, 0.3) is 0 Å². The van der Waals surface area contributed by atoms with E-state index in [1.165, 1.54) is 4.90 Å². The number of hydrogen-bond acceptors (Lipinski definition) is 3. The first-order chi connectivity index (χ1) is 7.63. The molecule has 0 amide bonds. The summed E-state index contributed by atoms with van der Waals surface area (Å²) in [5.74, 6) is 0.106. The molecular weight excluding hydrogens is 224 g/mol. The van der Waals surface area contributed by atoms with Crippen LogP contribution in [0.15, 0.2) is 29.2 Å². The van der Waals surface area contributed by atoms with E-state index in [0.29, 0.717) is 0 Å². The fraction of sp³-hybridized carbons (Fsp3) is 0.417. The summed E-state index contributed by atoms with van der Waals surface area (Å²) in [4.78, 5) is 11.6. The van der Waals surface area contributed by atoms with Gasteiger partial charge < -0.3 is 9.84 Å². The van der Waals surface area contributed by atoms with Crippen LogP contribution in [0.4, 0.5) is 0 Å². The standard InChI is InChI=1S/C12H16O3S/c1-3-16-11-6-4-10(5-7-11)9(2)15-8-12(13)14/h4-7,9H,3,8H2,1-2H3,(H,13,14). The molecule has 0 aliphatic rings. The van der Waals surface area contributed by atoms with Crippen LogP contribution in [0.1, 0.15) is 25.5 Å². The topological polar surface area (TPSA) is 46.5 Å². The maximum atomic E-state index is 10.3. The molecule has 1 aromatic rings. The van der Waals surface area contributed by atoms with Crippen molar-refractivity contribution in [3.05, 3.63) is 29.8 Å². The molecule has 0 fully saturated rings. The average molecular weight is 240 g/mol.